The van der Waals surface area contributed by atoms with E-state index < -0.39 is 6.29 Å². The standard InChI is InChI=1S/C38H31NO2/c1-3-36(40)41-33-21-13-27(14-22-33)26-11-19-32(20-12-26)39(31-17-7-25(2)8-18-31)35-24-16-30-10-9-28-5-4-6-29-15-23-34(35)38(30)37(28)29/h3-14,16-24,36,38,40H,1,15H2,2H3. The Morgan fingerprint density at radius 1 is 0.854 bits per heavy atom. The van der Waals surface area contributed by atoms with E-state index in [2.05, 4.69) is 116 Å². The van der Waals surface area contributed by atoms with Gasteiger partial charge in [-0.25, -0.2) is 0 Å². The lowest BCUT2D eigenvalue weighted by atomic mass is 9.70. The maximum Gasteiger partial charge on any atom is 0.216 e. The highest BCUT2D eigenvalue weighted by molar-refractivity contribution is 5.80. The molecule has 1 N–H and O–H groups in total. The van der Waals surface area contributed by atoms with Crippen molar-refractivity contribution >= 4 is 17.5 Å². The molecule has 0 aliphatic heterocycles. The van der Waals surface area contributed by atoms with Crippen molar-refractivity contribution in [2.24, 2.45) is 0 Å². The first-order valence-electron chi connectivity index (χ1n) is 14.1. The van der Waals surface area contributed by atoms with Gasteiger partial charge in [-0.3, -0.25) is 0 Å². The molecule has 7 rings (SSSR count). The summed E-state index contributed by atoms with van der Waals surface area (Å²) in [6.45, 7) is 5.68. The molecular formula is C38H31NO2. The van der Waals surface area contributed by atoms with Crippen molar-refractivity contribution in [3.63, 3.8) is 0 Å². The van der Waals surface area contributed by atoms with Gasteiger partial charge < -0.3 is 14.7 Å². The zero-order valence-corrected chi connectivity index (χ0v) is 23.0. The number of aliphatic hydroxyl groups is 1. The smallest absolute Gasteiger partial charge is 0.216 e. The normalized spacial score (nSPS) is 17.0. The molecule has 0 heterocycles. The van der Waals surface area contributed by atoms with E-state index in [1.54, 1.807) is 0 Å². The summed E-state index contributed by atoms with van der Waals surface area (Å²) in [6, 6.07) is 32.0. The SMILES string of the molecule is C=CC(O)Oc1ccc(-c2ccc(N(C3=CC=C4C=Cc5cccc6c5C4C3=CC6)c3ccc(C)cc3)cc2)cc1. The number of hydrogen-bond acceptors (Lipinski definition) is 3. The van der Waals surface area contributed by atoms with E-state index in [1.807, 2.05) is 24.3 Å². The van der Waals surface area contributed by atoms with E-state index in [0.29, 0.717) is 5.75 Å². The van der Waals surface area contributed by atoms with Gasteiger partial charge in [0.15, 0.2) is 0 Å². The highest BCUT2D eigenvalue weighted by atomic mass is 16.6. The molecule has 41 heavy (non-hydrogen) atoms. The fourth-order valence-electron chi connectivity index (χ4n) is 6.15. The third kappa shape index (κ3) is 4.55. The minimum Gasteiger partial charge on any atom is -0.461 e. The number of aryl methyl sites for hydroxylation is 1. The topological polar surface area (TPSA) is 32.7 Å². The quantitative estimate of drug-likeness (QED) is 0.190. The van der Waals surface area contributed by atoms with Gasteiger partial charge >= 0.3 is 0 Å². The Hall–Kier alpha value is -4.86. The van der Waals surface area contributed by atoms with Gasteiger partial charge in [0.05, 0.1) is 0 Å². The second-order valence-electron chi connectivity index (χ2n) is 10.8. The molecule has 0 aromatic heterocycles. The van der Waals surface area contributed by atoms with Crippen LogP contribution < -0.4 is 9.64 Å². The summed E-state index contributed by atoms with van der Waals surface area (Å²) in [5.74, 6) is 0.857. The van der Waals surface area contributed by atoms with Crippen LogP contribution in [0.25, 0.3) is 17.2 Å². The number of benzene rings is 4. The van der Waals surface area contributed by atoms with Gasteiger partial charge in [-0.05, 0) is 101 Å². The van der Waals surface area contributed by atoms with Crippen LogP contribution in [0, 0.1) is 6.92 Å². The third-order valence-corrected chi connectivity index (χ3v) is 8.19. The fraction of sp³-hybridized carbons (Fsp3) is 0.105. The summed E-state index contributed by atoms with van der Waals surface area (Å²) in [6.07, 6.45) is 12.8. The molecule has 2 atom stereocenters. The number of allylic oxidation sites excluding steroid dienone is 6. The Bertz CT molecular complexity index is 1750. The Morgan fingerprint density at radius 2 is 1.54 bits per heavy atom. The zero-order chi connectivity index (χ0) is 27.9. The Kier molecular flexibility index (Phi) is 6.30. The fourth-order valence-corrected chi connectivity index (χ4v) is 6.15. The van der Waals surface area contributed by atoms with Crippen molar-refractivity contribution in [2.45, 2.75) is 25.6 Å². The molecule has 0 fully saturated rings. The minimum atomic E-state index is -1.02. The second kappa shape index (κ2) is 10.3. The lowest BCUT2D eigenvalue weighted by Crippen LogP contribution is -2.26. The van der Waals surface area contributed by atoms with Gasteiger partial charge in [-0.15, -0.1) is 0 Å². The Balaban J connectivity index is 1.27. The molecule has 0 saturated carbocycles. The summed E-state index contributed by atoms with van der Waals surface area (Å²) in [4.78, 5) is 2.39. The minimum absolute atomic E-state index is 0.257. The Labute approximate surface area is 241 Å². The maximum atomic E-state index is 9.69. The van der Waals surface area contributed by atoms with Crippen molar-refractivity contribution in [1.82, 2.24) is 0 Å². The molecule has 0 spiro atoms. The molecule has 3 nitrogen and oxygen atoms in total. The summed E-state index contributed by atoms with van der Waals surface area (Å²) in [5.41, 5.74) is 13.8. The number of anilines is 2. The highest BCUT2D eigenvalue weighted by Crippen LogP contribution is 2.50. The molecule has 4 aromatic carbocycles. The summed E-state index contributed by atoms with van der Waals surface area (Å²) < 4.78 is 5.42. The van der Waals surface area contributed by atoms with E-state index in [9.17, 15) is 5.11 Å². The predicted octanol–water partition coefficient (Wildman–Crippen LogP) is 8.80. The van der Waals surface area contributed by atoms with Crippen molar-refractivity contribution in [3.8, 4) is 16.9 Å². The first kappa shape index (κ1) is 25.1. The predicted molar refractivity (Wildman–Crippen MR) is 168 cm³/mol. The van der Waals surface area contributed by atoms with Gasteiger partial charge in [0.1, 0.15) is 5.75 Å². The first-order valence-corrected chi connectivity index (χ1v) is 14.1. The third-order valence-electron chi connectivity index (χ3n) is 8.19. The largest absolute Gasteiger partial charge is 0.461 e. The summed E-state index contributed by atoms with van der Waals surface area (Å²) in [7, 11) is 0. The molecule has 2 unspecified atom stereocenters. The van der Waals surface area contributed by atoms with Gasteiger partial charge in [0.2, 0.25) is 6.29 Å². The molecule has 0 bridgehead atoms. The number of ether oxygens (including phenoxy) is 1. The summed E-state index contributed by atoms with van der Waals surface area (Å²) >= 11 is 0. The highest BCUT2D eigenvalue weighted by Gasteiger charge is 2.35. The van der Waals surface area contributed by atoms with Crippen molar-refractivity contribution in [1.29, 1.82) is 0 Å². The van der Waals surface area contributed by atoms with E-state index >= 15 is 0 Å². The molecule has 4 aromatic rings. The molecule has 0 saturated heterocycles. The lowest BCUT2D eigenvalue weighted by molar-refractivity contribution is 0.0251. The number of hydrogen-bond donors (Lipinski definition) is 1. The van der Waals surface area contributed by atoms with Crippen LogP contribution in [0.2, 0.25) is 0 Å². The van der Waals surface area contributed by atoms with E-state index in [0.717, 1.165) is 28.9 Å². The number of nitrogens with zero attached hydrogens (tertiary/aromatic N) is 1. The molecule has 3 aliphatic carbocycles. The molecule has 3 heteroatoms. The van der Waals surface area contributed by atoms with Crippen molar-refractivity contribution < 1.29 is 9.84 Å². The van der Waals surface area contributed by atoms with Crippen molar-refractivity contribution in [3.05, 3.63) is 167 Å². The number of aliphatic hydroxyl groups excluding tert-OH is 1. The lowest BCUT2D eigenvalue weighted by Gasteiger charge is -2.39. The van der Waals surface area contributed by atoms with Crippen LogP contribution in [0.1, 0.15) is 28.2 Å². The van der Waals surface area contributed by atoms with Crippen LogP contribution in [-0.4, -0.2) is 11.4 Å². The van der Waals surface area contributed by atoms with Gasteiger partial charge in [0, 0.05) is 23.0 Å². The van der Waals surface area contributed by atoms with Crippen molar-refractivity contribution in [2.75, 3.05) is 4.90 Å². The molecule has 0 radical (unpaired) electrons. The van der Waals surface area contributed by atoms with Gasteiger partial charge in [-0.2, -0.15) is 0 Å². The molecular weight excluding hydrogens is 502 g/mol. The van der Waals surface area contributed by atoms with E-state index in [-0.39, 0.29) is 5.92 Å². The molecule has 0 amide bonds. The average Bonchev–Trinajstić information content (AvgIpc) is 3.02. The van der Waals surface area contributed by atoms with E-state index in [1.165, 1.54) is 45.2 Å². The van der Waals surface area contributed by atoms with Crippen LogP contribution >= 0.6 is 0 Å². The van der Waals surface area contributed by atoms with Gasteiger partial charge in [0.25, 0.3) is 0 Å². The average molecular weight is 534 g/mol. The maximum absolute atomic E-state index is 9.69. The van der Waals surface area contributed by atoms with Crippen LogP contribution in [0.3, 0.4) is 0 Å². The monoisotopic (exact) mass is 533 g/mol. The Morgan fingerprint density at radius 3 is 2.24 bits per heavy atom. The van der Waals surface area contributed by atoms with Crippen LogP contribution in [-0.2, 0) is 6.42 Å². The van der Waals surface area contributed by atoms with Crippen LogP contribution in [0.5, 0.6) is 5.75 Å². The van der Waals surface area contributed by atoms with Gasteiger partial charge in [-0.1, -0.05) is 91.0 Å². The number of rotatable bonds is 7. The van der Waals surface area contributed by atoms with Crippen LogP contribution in [0.4, 0.5) is 11.4 Å². The second-order valence-corrected chi connectivity index (χ2v) is 10.8. The summed E-state index contributed by atoms with van der Waals surface area (Å²) in [5, 5.41) is 9.69. The van der Waals surface area contributed by atoms with Crippen LogP contribution in [0.15, 0.2) is 145 Å². The zero-order valence-electron chi connectivity index (χ0n) is 23.0. The first-order chi connectivity index (χ1) is 20.1. The molecule has 200 valence electrons. The molecule has 3 aliphatic rings. The van der Waals surface area contributed by atoms with E-state index in [4.69, 9.17) is 4.74 Å².